The van der Waals surface area contributed by atoms with Crippen LogP contribution in [0.5, 0.6) is 0 Å². The van der Waals surface area contributed by atoms with Crippen molar-refractivity contribution < 1.29 is 9.59 Å². The molecule has 0 saturated carbocycles. The van der Waals surface area contributed by atoms with E-state index in [1.807, 2.05) is 24.3 Å². The number of benzene rings is 1. The van der Waals surface area contributed by atoms with Crippen LogP contribution in [0.25, 0.3) is 0 Å². The second-order valence-corrected chi connectivity index (χ2v) is 7.32. The van der Waals surface area contributed by atoms with Crippen molar-refractivity contribution in [3.63, 3.8) is 0 Å². The number of guanidine groups is 1. The van der Waals surface area contributed by atoms with Gasteiger partial charge in [-0.25, -0.2) is 0 Å². The smallest absolute Gasteiger partial charge is 0.226 e. The van der Waals surface area contributed by atoms with Crippen LogP contribution >= 0.6 is 39.9 Å². The van der Waals surface area contributed by atoms with Gasteiger partial charge in [-0.3, -0.25) is 14.6 Å². The van der Waals surface area contributed by atoms with E-state index in [1.165, 1.54) is 0 Å². The molecule has 4 N–H and O–H groups in total. The molecule has 2 amide bonds. The number of nitrogens with two attached hydrogens (primary N) is 1. The number of rotatable bonds is 6. The van der Waals surface area contributed by atoms with Crippen molar-refractivity contribution in [3.8, 4) is 0 Å². The van der Waals surface area contributed by atoms with Gasteiger partial charge in [0.25, 0.3) is 0 Å². The van der Waals surface area contributed by atoms with Crippen LogP contribution in [-0.2, 0) is 9.59 Å². The molecule has 1 heterocycles. The number of carbonyl (C=O) groups is 2. The predicted octanol–water partition coefficient (Wildman–Crippen LogP) is 2.56. The van der Waals surface area contributed by atoms with E-state index in [-0.39, 0.29) is 41.7 Å². The zero-order chi connectivity index (χ0) is 18.9. The fourth-order valence-electron chi connectivity index (χ4n) is 3.09. The van der Waals surface area contributed by atoms with E-state index in [4.69, 9.17) is 5.73 Å². The van der Waals surface area contributed by atoms with E-state index in [0.29, 0.717) is 19.4 Å². The molecule has 0 aliphatic carbocycles. The van der Waals surface area contributed by atoms with E-state index in [2.05, 4.69) is 36.5 Å². The average molecular weight is 552 g/mol. The first-order valence-corrected chi connectivity index (χ1v) is 9.56. The minimum Gasteiger partial charge on any atom is -0.370 e. The van der Waals surface area contributed by atoms with Crippen molar-refractivity contribution in [1.82, 2.24) is 10.2 Å². The fourth-order valence-corrected chi connectivity index (χ4v) is 3.35. The van der Waals surface area contributed by atoms with Crippen molar-refractivity contribution in [2.24, 2.45) is 16.6 Å². The maximum absolute atomic E-state index is 12.0. The van der Waals surface area contributed by atoms with Crippen LogP contribution in [0.2, 0.25) is 0 Å². The van der Waals surface area contributed by atoms with Crippen LogP contribution < -0.4 is 16.4 Å². The van der Waals surface area contributed by atoms with Gasteiger partial charge >= 0.3 is 0 Å². The van der Waals surface area contributed by atoms with Gasteiger partial charge in [0.15, 0.2) is 5.96 Å². The van der Waals surface area contributed by atoms with Crippen LogP contribution in [0.3, 0.4) is 0 Å². The lowest BCUT2D eigenvalue weighted by Crippen LogP contribution is -2.47. The highest BCUT2D eigenvalue weighted by atomic mass is 127. The summed E-state index contributed by atoms with van der Waals surface area (Å²) >= 11 is 3.37. The summed E-state index contributed by atoms with van der Waals surface area (Å²) in [5, 5.41) is 6.09. The summed E-state index contributed by atoms with van der Waals surface area (Å²) in [5.74, 6) is 0.709. The summed E-state index contributed by atoms with van der Waals surface area (Å²) in [4.78, 5) is 29.6. The number of nitrogens with zero attached hydrogens (tertiary/aromatic N) is 2. The molecule has 1 fully saturated rings. The first-order valence-electron chi connectivity index (χ1n) is 8.77. The lowest BCUT2D eigenvalue weighted by molar-refractivity contribution is -0.119. The average Bonchev–Trinajstić information content (AvgIpc) is 2.60. The second-order valence-electron chi connectivity index (χ2n) is 6.40. The van der Waals surface area contributed by atoms with E-state index in [0.717, 1.165) is 42.1 Å². The highest BCUT2D eigenvalue weighted by Gasteiger charge is 2.23. The third-order valence-electron chi connectivity index (χ3n) is 4.28. The van der Waals surface area contributed by atoms with Gasteiger partial charge in [0.1, 0.15) is 0 Å². The minimum atomic E-state index is -0.260. The standard InChI is InChI=1S/C18H26BrN5O2.HI/c1-21-18(24-10-2-3-13(12-24)11-16(20)25)22-9-8-17(26)23-15-6-4-14(19)5-7-15;/h4-7,13H,2-3,8-12H2,1H3,(H2,20,25)(H,21,22)(H,23,26);1H. The minimum absolute atomic E-state index is 0. The first-order chi connectivity index (χ1) is 12.5. The van der Waals surface area contributed by atoms with Crippen molar-refractivity contribution in [1.29, 1.82) is 0 Å². The molecule has 1 unspecified atom stereocenters. The van der Waals surface area contributed by atoms with Crippen LogP contribution in [0, 0.1) is 5.92 Å². The maximum atomic E-state index is 12.0. The van der Waals surface area contributed by atoms with Crippen LogP contribution in [0.15, 0.2) is 33.7 Å². The molecule has 2 rings (SSSR count). The van der Waals surface area contributed by atoms with Crippen molar-refractivity contribution in [2.75, 3.05) is 32.0 Å². The van der Waals surface area contributed by atoms with Gasteiger partial charge < -0.3 is 21.3 Å². The molecule has 0 aromatic heterocycles. The summed E-state index contributed by atoms with van der Waals surface area (Å²) in [6, 6.07) is 7.46. The maximum Gasteiger partial charge on any atom is 0.226 e. The van der Waals surface area contributed by atoms with Crippen molar-refractivity contribution in [2.45, 2.75) is 25.7 Å². The van der Waals surface area contributed by atoms with Gasteiger partial charge in [-0.2, -0.15) is 0 Å². The van der Waals surface area contributed by atoms with E-state index < -0.39 is 0 Å². The summed E-state index contributed by atoms with van der Waals surface area (Å²) < 4.78 is 0.970. The molecule has 0 bridgehead atoms. The molecule has 1 aliphatic rings. The van der Waals surface area contributed by atoms with Gasteiger partial charge in [0.2, 0.25) is 11.8 Å². The molecular weight excluding hydrogens is 525 g/mol. The molecule has 27 heavy (non-hydrogen) atoms. The summed E-state index contributed by atoms with van der Waals surface area (Å²) in [5.41, 5.74) is 6.08. The third kappa shape index (κ3) is 8.46. The number of halogens is 2. The summed E-state index contributed by atoms with van der Waals surface area (Å²) in [6.07, 6.45) is 2.76. The Labute approximate surface area is 185 Å². The first kappa shape index (κ1) is 23.7. The Kier molecular flexibility index (Phi) is 10.7. The van der Waals surface area contributed by atoms with Gasteiger partial charge in [-0.05, 0) is 43.0 Å². The summed E-state index contributed by atoms with van der Waals surface area (Å²) in [7, 11) is 1.72. The lowest BCUT2D eigenvalue weighted by atomic mass is 9.95. The fraction of sp³-hybridized carbons (Fsp3) is 0.500. The third-order valence-corrected chi connectivity index (χ3v) is 4.81. The highest BCUT2D eigenvalue weighted by Crippen LogP contribution is 2.19. The van der Waals surface area contributed by atoms with Gasteiger partial charge in [0.05, 0.1) is 0 Å². The van der Waals surface area contributed by atoms with E-state index >= 15 is 0 Å². The predicted molar refractivity (Wildman–Crippen MR) is 122 cm³/mol. The van der Waals surface area contributed by atoms with Gasteiger partial charge in [-0.1, -0.05) is 15.9 Å². The Bertz CT molecular complexity index is 654. The molecule has 9 heteroatoms. The number of hydrogen-bond acceptors (Lipinski definition) is 3. The second kappa shape index (κ2) is 12.2. The summed E-state index contributed by atoms with van der Waals surface area (Å²) in [6.45, 7) is 2.14. The van der Waals surface area contributed by atoms with E-state index in [9.17, 15) is 9.59 Å². The normalized spacial score (nSPS) is 17.0. The number of likely N-dealkylation sites (tertiary alicyclic amines) is 1. The molecule has 1 aromatic rings. The lowest BCUT2D eigenvalue weighted by Gasteiger charge is -2.34. The Morgan fingerprint density at radius 2 is 2.04 bits per heavy atom. The molecule has 0 radical (unpaired) electrons. The van der Waals surface area contributed by atoms with Crippen molar-refractivity contribution >= 4 is 63.4 Å². The largest absolute Gasteiger partial charge is 0.370 e. The zero-order valence-corrected chi connectivity index (χ0v) is 19.3. The number of carbonyl (C=O) groups excluding carboxylic acids is 2. The molecule has 1 aliphatic heterocycles. The number of hydrogen-bond donors (Lipinski definition) is 3. The van der Waals surface area contributed by atoms with E-state index in [1.54, 1.807) is 7.05 Å². The Hall–Kier alpha value is -1.36. The Morgan fingerprint density at radius 3 is 2.67 bits per heavy atom. The molecule has 1 saturated heterocycles. The highest BCUT2D eigenvalue weighted by molar-refractivity contribution is 14.0. The quantitative estimate of drug-likeness (QED) is 0.287. The van der Waals surface area contributed by atoms with Crippen LogP contribution in [-0.4, -0.2) is 49.4 Å². The number of aliphatic imine (C=N–C) groups is 1. The zero-order valence-electron chi connectivity index (χ0n) is 15.4. The topological polar surface area (TPSA) is 99.8 Å². The monoisotopic (exact) mass is 551 g/mol. The number of primary amides is 1. The molecule has 0 spiro atoms. The Balaban J connectivity index is 0.00000364. The molecule has 1 atom stereocenters. The van der Waals surface area contributed by atoms with Crippen molar-refractivity contribution in [3.05, 3.63) is 28.7 Å². The number of nitrogens with one attached hydrogen (secondary N) is 2. The Morgan fingerprint density at radius 1 is 1.33 bits per heavy atom. The molecular formula is C18H27BrIN5O2. The van der Waals surface area contributed by atoms with Gasteiger partial charge in [-0.15, -0.1) is 24.0 Å². The van der Waals surface area contributed by atoms with Crippen LogP contribution in [0.1, 0.15) is 25.7 Å². The molecule has 150 valence electrons. The number of piperidine rings is 1. The van der Waals surface area contributed by atoms with Gasteiger partial charge in [0, 0.05) is 49.7 Å². The molecule has 7 nitrogen and oxygen atoms in total. The number of anilines is 1. The SMILES string of the molecule is CN=C(NCCC(=O)Nc1ccc(Br)cc1)N1CCCC(CC(N)=O)C1.I. The molecule has 1 aromatic carbocycles. The van der Waals surface area contributed by atoms with Crippen LogP contribution in [0.4, 0.5) is 5.69 Å². The number of amides is 2.